The molecule has 6 heteroatoms. The predicted octanol–water partition coefficient (Wildman–Crippen LogP) is 3.99. The van der Waals surface area contributed by atoms with E-state index in [-0.39, 0.29) is 6.42 Å². The van der Waals surface area contributed by atoms with E-state index < -0.39 is 17.8 Å². The van der Waals surface area contributed by atoms with Crippen molar-refractivity contribution in [2.24, 2.45) is 0 Å². The largest absolute Gasteiger partial charge is 0.419 e. The molecule has 0 heterocycles. The third-order valence-corrected chi connectivity index (χ3v) is 3.81. The maximum absolute atomic E-state index is 13.0. The second-order valence-electron chi connectivity index (χ2n) is 4.87. The summed E-state index contributed by atoms with van der Waals surface area (Å²) < 4.78 is 39.1. The molecule has 1 aromatic carbocycles. The Labute approximate surface area is 114 Å². The highest BCUT2D eigenvalue weighted by molar-refractivity contribution is 6.30. The monoisotopic (exact) mass is 293 g/mol. The first-order valence-electron chi connectivity index (χ1n) is 6.14. The molecule has 0 bridgehead atoms. The van der Waals surface area contributed by atoms with E-state index in [9.17, 15) is 18.3 Å². The maximum atomic E-state index is 13.0. The fraction of sp³-hybridized carbons (Fsp3) is 0.538. The summed E-state index contributed by atoms with van der Waals surface area (Å²) in [6.07, 6.45) is -3.55. The van der Waals surface area contributed by atoms with Crippen LogP contribution in [0.15, 0.2) is 24.3 Å². The standard InChI is InChI=1S/C13H15ClF3NO/c14-9-4-6-10(7-5-9)18-11-3-1-2-8-12(11,19)13(15,16)17/h4-7,11,18-19H,1-3,8H2/t11-,12-/m1/s1. The van der Waals surface area contributed by atoms with Gasteiger partial charge in [0.05, 0.1) is 6.04 Å². The Bertz CT molecular complexity index is 435. The van der Waals surface area contributed by atoms with Crippen molar-refractivity contribution in [2.45, 2.75) is 43.5 Å². The van der Waals surface area contributed by atoms with E-state index in [1.165, 1.54) is 0 Å². The molecule has 1 fully saturated rings. The van der Waals surface area contributed by atoms with Gasteiger partial charge in [-0.05, 0) is 37.1 Å². The van der Waals surface area contributed by atoms with Crippen LogP contribution in [-0.4, -0.2) is 22.9 Å². The minimum absolute atomic E-state index is 0.262. The molecule has 0 saturated heterocycles. The molecule has 2 atom stereocenters. The fourth-order valence-electron chi connectivity index (χ4n) is 2.43. The van der Waals surface area contributed by atoms with E-state index in [0.717, 1.165) is 0 Å². The second kappa shape index (κ2) is 5.21. The number of aliphatic hydroxyl groups is 1. The first-order chi connectivity index (χ1) is 8.83. The number of hydrogen-bond donors (Lipinski definition) is 2. The maximum Gasteiger partial charge on any atom is 0.419 e. The Morgan fingerprint density at radius 3 is 2.42 bits per heavy atom. The molecule has 2 N–H and O–H groups in total. The molecular weight excluding hydrogens is 279 g/mol. The van der Waals surface area contributed by atoms with Gasteiger partial charge in [-0.1, -0.05) is 24.4 Å². The Hall–Kier alpha value is -0.940. The van der Waals surface area contributed by atoms with Crippen LogP contribution in [0.2, 0.25) is 5.02 Å². The van der Waals surface area contributed by atoms with Crippen molar-refractivity contribution in [3.63, 3.8) is 0 Å². The molecule has 1 saturated carbocycles. The first kappa shape index (κ1) is 14.5. The van der Waals surface area contributed by atoms with Gasteiger partial charge in [-0.2, -0.15) is 13.2 Å². The first-order valence-corrected chi connectivity index (χ1v) is 6.52. The van der Waals surface area contributed by atoms with Gasteiger partial charge in [0.2, 0.25) is 0 Å². The smallest absolute Gasteiger partial charge is 0.379 e. The van der Waals surface area contributed by atoms with Crippen molar-refractivity contribution in [1.82, 2.24) is 0 Å². The van der Waals surface area contributed by atoms with Gasteiger partial charge in [0, 0.05) is 10.7 Å². The van der Waals surface area contributed by atoms with Gasteiger partial charge in [-0.15, -0.1) is 0 Å². The highest BCUT2D eigenvalue weighted by Gasteiger charge is 2.59. The normalized spacial score (nSPS) is 28.2. The van der Waals surface area contributed by atoms with Crippen molar-refractivity contribution in [1.29, 1.82) is 0 Å². The van der Waals surface area contributed by atoms with E-state index in [0.29, 0.717) is 30.0 Å². The van der Waals surface area contributed by atoms with Crippen molar-refractivity contribution in [3.05, 3.63) is 29.3 Å². The second-order valence-corrected chi connectivity index (χ2v) is 5.31. The molecule has 19 heavy (non-hydrogen) atoms. The van der Waals surface area contributed by atoms with E-state index in [2.05, 4.69) is 5.32 Å². The summed E-state index contributed by atoms with van der Waals surface area (Å²) in [4.78, 5) is 0. The molecule has 0 aliphatic heterocycles. The number of rotatable bonds is 2. The Balaban J connectivity index is 2.19. The van der Waals surface area contributed by atoms with Gasteiger partial charge < -0.3 is 10.4 Å². The van der Waals surface area contributed by atoms with Gasteiger partial charge in [-0.3, -0.25) is 0 Å². The third kappa shape index (κ3) is 2.98. The molecule has 1 aliphatic carbocycles. The zero-order chi connectivity index (χ0) is 14.1. The minimum atomic E-state index is -4.63. The molecule has 0 radical (unpaired) electrons. The van der Waals surface area contributed by atoms with Gasteiger partial charge in [0.15, 0.2) is 5.60 Å². The summed E-state index contributed by atoms with van der Waals surface area (Å²) in [6, 6.07) is 5.38. The molecule has 0 amide bonds. The summed E-state index contributed by atoms with van der Waals surface area (Å²) >= 11 is 5.73. The lowest BCUT2D eigenvalue weighted by Crippen LogP contribution is -2.58. The number of benzene rings is 1. The van der Waals surface area contributed by atoms with Crippen LogP contribution in [0, 0.1) is 0 Å². The fourth-order valence-corrected chi connectivity index (χ4v) is 2.56. The minimum Gasteiger partial charge on any atom is -0.379 e. The average Bonchev–Trinajstić information content (AvgIpc) is 2.33. The van der Waals surface area contributed by atoms with Crippen LogP contribution in [0.3, 0.4) is 0 Å². The van der Waals surface area contributed by atoms with Crippen LogP contribution in [-0.2, 0) is 0 Å². The van der Waals surface area contributed by atoms with Gasteiger partial charge in [0.1, 0.15) is 0 Å². The van der Waals surface area contributed by atoms with Crippen molar-refractivity contribution >= 4 is 17.3 Å². The number of alkyl halides is 3. The van der Waals surface area contributed by atoms with Crippen LogP contribution < -0.4 is 5.32 Å². The molecule has 0 spiro atoms. The van der Waals surface area contributed by atoms with Gasteiger partial charge in [0.25, 0.3) is 0 Å². The Kier molecular flexibility index (Phi) is 3.97. The quantitative estimate of drug-likeness (QED) is 0.864. The summed E-state index contributed by atoms with van der Waals surface area (Å²) in [6.45, 7) is 0. The third-order valence-electron chi connectivity index (χ3n) is 3.55. The zero-order valence-corrected chi connectivity index (χ0v) is 10.9. The van der Waals surface area contributed by atoms with Crippen LogP contribution in [0.5, 0.6) is 0 Å². The van der Waals surface area contributed by atoms with E-state index in [1.54, 1.807) is 24.3 Å². The Morgan fingerprint density at radius 1 is 1.21 bits per heavy atom. The molecule has 2 rings (SSSR count). The lowest BCUT2D eigenvalue weighted by atomic mass is 9.79. The van der Waals surface area contributed by atoms with Crippen LogP contribution >= 0.6 is 11.6 Å². The topological polar surface area (TPSA) is 32.3 Å². The number of halogens is 4. The zero-order valence-electron chi connectivity index (χ0n) is 10.2. The van der Waals surface area contributed by atoms with Crippen molar-refractivity contribution in [3.8, 4) is 0 Å². The van der Waals surface area contributed by atoms with Crippen LogP contribution in [0.1, 0.15) is 25.7 Å². The molecule has 2 nitrogen and oxygen atoms in total. The lowest BCUT2D eigenvalue weighted by molar-refractivity contribution is -0.272. The molecule has 1 aromatic rings. The Morgan fingerprint density at radius 2 is 1.84 bits per heavy atom. The molecule has 0 aromatic heterocycles. The van der Waals surface area contributed by atoms with Crippen LogP contribution in [0.4, 0.5) is 18.9 Å². The number of nitrogens with one attached hydrogen (secondary N) is 1. The summed E-state index contributed by atoms with van der Waals surface area (Å²) in [7, 11) is 0. The highest BCUT2D eigenvalue weighted by atomic mass is 35.5. The number of hydrogen-bond acceptors (Lipinski definition) is 2. The number of anilines is 1. The lowest BCUT2D eigenvalue weighted by Gasteiger charge is -2.41. The van der Waals surface area contributed by atoms with Crippen molar-refractivity contribution < 1.29 is 18.3 Å². The van der Waals surface area contributed by atoms with E-state index >= 15 is 0 Å². The average molecular weight is 294 g/mol. The summed E-state index contributed by atoms with van der Waals surface area (Å²) in [5.41, 5.74) is -2.13. The molecular formula is C13H15ClF3NO. The highest BCUT2D eigenvalue weighted by Crippen LogP contribution is 2.42. The SMILES string of the molecule is O[C@]1(C(F)(F)F)CCCC[C@H]1Nc1ccc(Cl)cc1. The van der Waals surface area contributed by atoms with E-state index in [1.807, 2.05) is 0 Å². The van der Waals surface area contributed by atoms with Gasteiger partial charge >= 0.3 is 6.18 Å². The van der Waals surface area contributed by atoms with Crippen molar-refractivity contribution in [2.75, 3.05) is 5.32 Å². The molecule has 106 valence electrons. The molecule has 1 aliphatic rings. The van der Waals surface area contributed by atoms with E-state index in [4.69, 9.17) is 11.6 Å². The van der Waals surface area contributed by atoms with Gasteiger partial charge in [-0.25, -0.2) is 0 Å². The summed E-state index contributed by atoms with van der Waals surface area (Å²) in [5.74, 6) is 0. The molecule has 0 unspecified atom stereocenters. The summed E-state index contributed by atoms with van der Waals surface area (Å²) in [5, 5.41) is 13.3. The predicted molar refractivity (Wildman–Crippen MR) is 68.3 cm³/mol. The van der Waals surface area contributed by atoms with Crippen LogP contribution in [0.25, 0.3) is 0 Å².